The van der Waals surface area contributed by atoms with Crippen molar-refractivity contribution in [2.24, 2.45) is 45.3 Å². The minimum atomic E-state index is -1.40. The van der Waals surface area contributed by atoms with Gasteiger partial charge in [0, 0.05) is 45.8 Å². The van der Waals surface area contributed by atoms with Crippen molar-refractivity contribution in [1.29, 1.82) is 0 Å². The van der Waals surface area contributed by atoms with E-state index in [0.717, 1.165) is 0 Å². The van der Waals surface area contributed by atoms with E-state index >= 15 is 0 Å². The third-order valence-electron chi connectivity index (χ3n) is 10.9. The largest absolute Gasteiger partial charge is 0.507 e. The van der Waals surface area contributed by atoms with Crippen LogP contribution in [-0.2, 0) is 23.9 Å². The number of rotatable bonds is 6. The van der Waals surface area contributed by atoms with E-state index in [9.17, 15) is 34.2 Å². The van der Waals surface area contributed by atoms with Crippen LogP contribution in [0.15, 0.2) is 11.3 Å². The summed E-state index contributed by atoms with van der Waals surface area (Å²) in [7, 11) is 0. The highest BCUT2D eigenvalue weighted by atomic mass is 16.5. The van der Waals surface area contributed by atoms with Gasteiger partial charge in [-0.1, -0.05) is 55.4 Å². The highest BCUT2D eigenvalue weighted by Crippen LogP contribution is 2.61. The van der Waals surface area contributed by atoms with Gasteiger partial charge in [0.15, 0.2) is 28.9 Å². The van der Waals surface area contributed by atoms with Crippen LogP contribution in [0.2, 0.25) is 0 Å². The zero-order chi connectivity index (χ0) is 36.8. The summed E-state index contributed by atoms with van der Waals surface area (Å²) in [5.74, 6) is -6.78. The first-order chi connectivity index (χ1) is 21.8. The molecule has 1 saturated heterocycles. The lowest BCUT2D eigenvalue weighted by atomic mass is 9.59. The second-order valence-corrected chi connectivity index (χ2v) is 17.3. The molecule has 4 rings (SSSR count). The van der Waals surface area contributed by atoms with E-state index in [1.54, 1.807) is 69.2 Å². The smallest absolute Gasteiger partial charge is 0.175 e. The summed E-state index contributed by atoms with van der Waals surface area (Å²) in [4.78, 5) is 70.1. The Morgan fingerprint density at radius 2 is 1.35 bits per heavy atom. The Balaban J connectivity index is 2.13. The summed E-state index contributed by atoms with van der Waals surface area (Å²) in [6.45, 7) is 24.0. The van der Waals surface area contributed by atoms with Gasteiger partial charge in [0.25, 0.3) is 0 Å². The molecule has 1 aromatic carbocycles. The Kier molecular flexibility index (Phi) is 9.31. The topological polar surface area (TPSA) is 144 Å². The molecule has 2 N–H and O–H groups in total. The van der Waals surface area contributed by atoms with Crippen molar-refractivity contribution in [2.45, 2.75) is 109 Å². The molecule has 0 aromatic heterocycles. The monoisotopic (exact) mass is 666 g/mol. The Labute approximate surface area is 284 Å². The molecule has 0 radical (unpaired) electrons. The standard InChI is InChI=1S/C39H54O9/c1-17(2)21(20-15-47-16-36(7,8)34(45)37(9,10)31(20)43)23-28(41)24-22(18(3)4)25-32(44)38(11,12)35(46)39(13,14)33(25)48-30(24)26(29(23)42)27(40)19(5)6/h17-22,41-42H,15-16H2,1-14H3/t20?,21-,22-/m1/s1. The Morgan fingerprint density at radius 1 is 0.792 bits per heavy atom. The molecular formula is C39H54O9. The van der Waals surface area contributed by atoms with Crippen molar-refractivity contribution in [1.82, 2.24) is 0 Å². The molecule has 0 amide bonds. The maximum Gasteiger partial charge on any atom is 0.175 e. The van der Waals surface area contributed by atoms with Gasteiger partial charge in [0.1, 0.15) is 28.6 Å². The third kappa shape index (κ3) is 5.35. The van der Waals surface area contributed by atoms with Gasteiger partial charge >= 0.3 is 0 Å². The lowest BCUT2D eigenvalue weighted by Crippen LogP contribution is -2.52. The van der Waals surface area contributed by atoms with E-state index in [1.165, 1.54) is 0 Å². The van der Waals surface area contributed by atoms with E-state index in [1.807, 2.05) is 27.7 Å². The molecule has 3 atom stereocenters. The zero-order valence-electron chi connectivity index (χ0n) is 31.1. The molecule has 1 aromatic rings. The number of phenols is 2. The van der Waals surface area contributed by atoms with E-state index in [4.69, 9.17) is 9.47 Å². The fourth-order valence-corrected chi connectivity index (χ4v) is 8.38. The molecule has 9 heteroatoms. The number of ketones is 5. The fourth-order valence-electron chi connectivity index (χ4n) is 8.38. The second-order valence-electron chi connectivity index (χ2n) is 17.3. The first kappa shape index (κ1) is 37.5. The molecule has 48 heavy (non-hydrogen) atoms. The van der Waals surface area contributed by atoms with Crippen molar-refractivity contribution >= 4 is 28.9 Å². The number of hydrogen-bond donors (Lipinski definition) is 2. The number of phenolic OH excluding ortho intramolecular Hbond substituents is 2. The van der Waals surface area contributed by atoms with Crippen LogP contribution >= 0.6 is 0 Å². The predicted molar refractivity (Wildman–Crippen MR) is 181 cm³/mol. The fraction of sp³-hybridized carbons (Fsp3) is 0.667. The maximum absolute atomic E-state index is 14.4. The van der Waals surface area contributed by atoms with Crippen LogP contribution in [0.25, 0.3) is 0 Å². The van der Waals surface area contributed by atoms with Gasteiger partial charge in [-0.05, 0) is 53.4 Å². The van der Waals surface area contributed by atoms with Gasteiger partial charge in [-0.15, -0.1) is 0 Å². The van der Waals surface area contributed by atoms with Gasteiger partial charge in [0.2, 0.25) is 0 Å². The summed E-state index contributed by atoms with van der Waals surface area (Å²) in [6, 6.07) is 0. The second kappa shape index (κ2) is 11.9. The number of hydrogen-bond acceptors (Lipinski definition) is 9. The number of Topliss-reactive ketones (excluding diaryl/α,β-unsaturated/α-hetero) is 5. The first-order valence-corrected chi connectivity index (χ1v) is 17.1. The predicted octanol–water partition coefficient (Wildman–Crippen LogP) is 7.10. The average molecular weight is 667 g/mol. The average Bonchev–Trinajstić information content (AvgIpc) is 2.97. The number of carbonyl (C=O) groups is 5. The molecule has 2 aliphatic heterocycles. The van der Waals surface area contributed by atoms with Gasteiger partial charge in [-0.2, -0.15) is 0 Å². The number of allylic oxidation sites excluding steroid dienone is 2. The van der Waals surface area contributed by atoms with Gasteiger partial charge < -0.3 is 19.7 Å². The van der Waals surface area contributed by atoms with E-state index < -0.39 is 68.4 Å². The van der Waals surface area contributed by atoms with Gasteiger partial charge in [-0.25, -0.2) is 0 Å². The number of fused-ring (bicyclic) bond motifs is 1. The highest BCUT2D eigenvalue weighted by Gasteiger charge is 2.59. The number of carbonyl (C=O) groups excluding carboxylic acids is 5. The molecule has 3 aliphatic rings. The molecule has 0 spiro atoms. The van der Waals surface area contributed by atoms with Gasteiger partial charge in [0.05, 0.1) is 29.5 Å². The van der Waals surface area contributed by atoms with Gasteiger partial charge in [-0.3, -0.25) is 24.0 Å². The Hall–Kier alpha value is -3.33. The van der Waals surface area contributed by atoms with Crippen LogP contribution in [0.5, 0.6) is 17.2 Å². The minimum absolute atomic E-state index is 0.0195. The molecule has 1 aliphatic carbocycles. The molecule has 2 heterocycles. The summed E-state index contributed by atoms with van der Waals surface area (Å²) in [5.41, 5.74) is -4.72. The van der Waals surface area contributed by atoms with E-state index in [2.05, 4.69) is 0 Å². The van der Waals surface area contributed by atoms with Crippen LogP contribution in [0, 0.1) is 45.3 Å². The summed E-state index contributed by atoms with van der Waals surface area (Å²) >= 11 is 0. The molecular weight excluding hydrogens is 612 g/mol. The normalized spacial score (nSPS) is 25.4. The summed E-state index contributed by atoms with van der Waals surface area (Å²) in [6.07, 6.45) is 0. The quantitative estimate of drug-likeness (QED) is 0.240. The lowest BCUT2D eigenvalue weighted by molar-refractivity contribution is -0.155. The maximum atomic E-state index is 14.4. The van der Waals surface area contributed by atoms with Crippen LogP contribution in [-0.4, -0.2) is 52.3 Å². The Bertz CT molecular complexity index is 1630. The van der Waals surface area contributed by atoms with Crippen LogP contribution in [0.4, 0.5) is 0 Å². The van der Waals surface area contributed by atoms with Crippen molar-refractivity contribution in [3.05, 3.63) is 28.0 Å². The molecule has 264 valence electrons. The van der Waals surface area contributed by atoms with Crippen molar-refractivity contribution < 1.29 is 43.7 Å². The van der Waals surface area contributed by atoms with E-state index in [0.29, 0.717) is 0 Å². The highest BCUT2D eigenvalue weighted by molar-refractivity contribution is 6.20. The van der Waals surface area contributed by atoms with Crippen molar-refractivity contribution in [3.8, 4) is 17.2 Å². The number of aromatic hydroxyl groups is 2. The van der Waals surface area contributed by atoms with Crippen LogP contribution < -0.4 is 4.74 Å². The zero-order valence-corrected chi connectivity index (χ0v) is 31.1. The number of benzene rings is 1. The Morgan fingerprint density at radius 3 is 1.85 bits per heavy atom. The molecule has 1 fully saturated rings. The minimum Gasteiger partial charge on any atom is -0.507 e. The SMILES string of the molecule is CC(C)C(=O)c1c(O)c([C@H](C(C)C)C2COCC(C)(C)C(=O)C(C)(C)C2=O)c(O)c2c1OC1=C(C(=O)C(C)(C)C(=O)C1(C)C)[C@@H]2C(C)C. The van der Waals surface area contributed by atoms with Crippen molar-refractivity contribution in [3.63, 3.8) is 0 Å². The molecule has 9 nitrogen and oxygen atoms in total. The molecule has 0 saturated carbocycles. The molecule has 1 unspecified atom stereocenters. The van der Waals surface area contributed by atoms with Crippen molar-refractivity contribution in [2.75, 3.05) is 13.2 Å². The third-order valence-corrected chi connectivity index (χ3v) is 10.9. The number of ether oxygens (including phenoxy) is 2. The summed E-state index contributed by atoms with van der Waals surface area (Å²) < 4.78 is 12.5. The lowest BCUT2D eigenvalue weighted by Gasteiger charge is -2.46. The summed E-state index contributed by atoms with van der Waals surface area (Å²) in [5, 5.41) is 24.6. The van der Waals surface area contributed by atoms with Crippen LogP contribution in [0.1, 0.15) is 130 Å². The molecule has 0 bridgehead atoms. The first-order valence-electron chi connectivity index (χ1n) is 17.1. The van der Waals surface area contributed by atoms with E-state index in [-0.39, 0.29) is 76.1 Å². The van der Waals surface area contributed by atoms with Crippen LogP contribution in [0.3, 0.4) is 0 Å².